The molecule has 1 aliphatic carbocycles. The number of hydrogen-bond donors (Lipinski definition) is 2. The first-order valence-corrected chi connectivity index (χ1v) is 9.19. The number of ether oxygens (including phenoxy) is 1. The van der Waals surface area contributed by atoms with Crippen LogP contribution in [0.2, 0.25) is 0 Å². The summed E-state index contributed by atoms with van der Waals surface area (Å²) in [5.41, 5.74) is 0.0176. The zero-order valence-corrected chi connectivity index (χ0v) is 15.7. The third-order valence-corrected chi connectivity index (χ3v) is 5.84. The quantitative estimate of drug-likeness (QED) is 0.733. The number of carbonyl (C=O) groups is 1. The number of nitrogens with zero attached hydrogens (tertiary/aromatic N) is 2. The van der Waals surface area contributed by atoms with Crippen molar-refractivity contribution in [2.45, 2.75) is 38.3 Å². The fraction of sp³-hybridized carbons (Fsp3) is 0.722. The van der Waals surface area contributed by atoms with Gasteiger partial charge in [0.1, 0.15) is 0 Å². The van der Waals surface area contributed by atoms with Gasteiger partial charge < -0.3 is 19.9 Å². The summed E-state index contributed by atoms with van der Waals surface area (Å²) in [6, 6.07) is 0.0743. The first-order valence-electron chi connectivity index (χ1n) is 9.19. The molecule has 2 N–H and O–H groups in total. The molecule has 2 aliphatic rings. The molecule has 4 atom stereocenters. The van der Waals surface area contributed by atoms with Crippen molar-refractivity contribution in [2.75, 3.05) is 26.7 Å². The molecule has 0 bridgehead atoms. The highest BCUT2D eigenvalue weighted by Crippen LogP contribution is 2.37. The number of nitrogens with one attached hydrogen (secondary N) is 2. The molecule has 0 spiro atoms. The van der Waals surface area contributed by atoms with Crippen LogP contribution in [0.25, 0.3) is 0 Å². The Morgan fingerprint density at radius 1 is 1.31 bits per heavy atom. The standard InChI is InChI=1S/C18H28N4O4/c1-11(23)20-15-6-13-9-22(10-14(13)7-16(15)26-3)5-4-12-8-19-18(25)21(2)17(12)24/h8,13-16H,4-7,9-10H2,1-3H3,(H,19,25)(H,20,23)/t13-,14+,15-,16-/m1/s1. The van der Waals surface area contributed by atoms with Crippen LogP contribution in [0.15, 0.2) is 15.8 Å². The normalized spacial score (nSPS) is 28.7. The van der Waals surface area contributed by atoms with E-state index in [0.717, 1.165) is 37.0 Å². The van der Waals surface area contributed by atoms with Crippen molar-refractivity contribution in [1.29, 1.82) is 0 Å². The molecule has 2 fully saturated rings. The second-order valence-corrected chi connectivity index (χ2v) is 7.57. The van der Waals surface area contributed by atoms with E-state index in [1.807, 2.05) is 0 Å². The van der Waals surface area contributed by atoms with E-state index in [2.05, 4.69) is 15.2 Å². The Morgan fingerprint density at radius 2 is 2.00 bits per heavy atom. The van der Waals surface area contributed by atoms with Gasteiger partial charge in [-0.3, -0.25) is 14.2 Å². The van der Waals surface area contributed by atoms with Crippen molar-refractivity contribution in [3.05, 3.63) is 32.6 Å². The van der Waals surface area contributed by atoms with E-state index in [-0.39, 0.29) is 29.3 Å². The lowest BCUT2D eigenvalue weighted by molar-refractivity contribution is -0.121. The Bertz CT molecular complexity index is 771. The van der Waals surface area contributed by atoms with Gasteiger partial charge in [-0.2, -0.15) is 0 Å². The number of carbonyl (C=O) groups excluding carboxylic acids is 1. The maximum atomic E-state index is 12.1. The van der Waals surface area contributed by atoms with Crippen LogP contribution in [-0.4, -0.2) is 59.2 Å². The summed E-state index contributed by atoms with van der Waals surface area (Å²) in [6.45, 7) is 4.29. The summed E-state index contributed by atoms with van der Waals surface area (Å²) in [6.07, 6.45) is 4.09. The Balaban J connectivity index is 1.60. The number of hydrogen-bond acceptors (Lipinski definition) is 5. The van der Waals surface area contributed by atoms with Crippen molar-refractivity contribution in [2.24, 2.45) is 18.9 Å². The smallest absolute Gasteiger partial charge is 0.328 e. The minimum Gasteiger partial charge on any atom is -0.379 e. The monoisotopic (exact) mass is 364 g/mol. The minimum absolute atomic E-state index is 0.0146. The van der Waals surface area contributed by atoms with Gasteiger partial charge in [0.2, 0.25) is 5.91 Å². The number of aromatic amines is 1. The first-order chi connectivity index (χ1) is 12.4. The van der Waals surface area contributed by atoms with Gasteiger partial charge in [0, 0.05) is 52.5 Å². The third kappa shape index (κ3) is 3.91. The highest BCUT2D eigenvalue weighted by Gasteiger charge is 2.42. The van der Waals surface area contributed by atoms with Crippen molar-refractivity contribution >= 4 is 5.91 Å². The molecule has 1 aromatic heterocycles. The van der Waals surface area contributed by atoms with Crippen LogP contribution in [0.4, 0.5) is 0 Å². The number of rotatable bonds is 5. The summed E-state index contributed by atoms with van der Waals surface area (Å²) in [4.78, 5) is 40.0. The minimum atomic E-state index is -0.388. The predicted octanol–water partition coefficient (Wildman–Crippen LogP) is -0.522. The van der Waals surface area contributed by atoms with Gasteiger partial charge in [-0.05, 0) is 31.1 Å². The lowest BCUT2D eigenvalue weighted by atomic mass is 9.77. The summed E-state index contributed by atoms with van der Waals surface area (Å²) < 4.78 is 6.72. The largest absolute Gasteiger partial charge is 0.379 e. The molecule has 1 saturated carbocycles. The average molecular weight is 364 g/mol. The van der Waals surface area contributed by atoms with Crippen LogP contribution in [-0.2, 0) is 23.0 Å². The number of fused-ring (bicyclic) bond motifs is 1. The third-order valence-electron chi connectivity index (χ3n) is 5.84. The molecule has 1 aromatic rings. The number of methoxy groups -OCH3 is 1. The zero-order chi connectivity index (χ0) is 18.8. The van der Waals surface area contributed by atoms with E-state index in [9.17, 15) is 14.4 Å². The van der Waals surface area contributed by atoms with E-state index in [1.165, 1.54) is 13.2 Å². The molecule has 3 rings (SSSR count). The second-order valence-electron chi connectivity index (χ2n) is 7.57. The molecule has 0 aromatic carbocycles. The van der Waals surface area contributed by atoms with Crippen molar-refractivity contribution in [3.63, 3.8) is 0 Å². The van der Waals surface area contributed by atoms with Gasteiger partial charge in [0.05, 0.1) is 12.1 Å². The first kappa shape index (κ1) is 18.8. The molecule has 1 saturated heterocycles. The van der Waals surface area contributed by atoms with Gasteiger partial charge in [0.25, 0.3) is 5.56 Å². The highest BCUT2D eigenvalue weighted by molar-refractivity contribution is 5.73. The van der Waals surface area contributed by atoms with Gasteiger partial charge in [-0.25, -0.2) is 4.79 Å². The SMILES string of the molecule is CO[C@@H]1C[C@H]2CN(CCc3c[nH]c(=O)n(C)c3=O)C[C@H]2C[C@H]1NC(C)=O. The lowest BCUT2D eigenvalue weighted by Gasteiger charge is -2.37. The van der Waals surface area contributed by atoms with Crippen LogP contribution in [0.5, 0.6) is 0 Å². The average Bonchev–Trinajstić information content (AvgIpc) is 2.99. The van der Waals surface area contributed by atoms with Gasteiger partial charge in [-0.1, -0.05) is 0 Å². The van der Waals surface area contributed by atoms with E-state index < -0.39 is 0 Å². The molecular formula is C18H28N4O4. The van der Waals surface area contributed by atoms with Gasteiger partial charge in [0.15, 0.2) is 0 Å². The van der Waals surface area contributed by atoms with Crippen LogP contribution >= 0.6 is 0 Å². The highest BCUT2D eigenvalue weighted by atomic mass is 16.5. The van der Waals surface area contributed by atoms with E-state index in [0.29, 0.717) is 23.8 Å². The van der Waals surface area contributed by atoms with Crippen LogP contribution in [0, 0.1) is 11.8 Å². The maximum absolute atomic E-state index is 12.1. The molecule has 144 valence electrons. The molecular weight excluding hydrogens is 336 g/mol. The van der Waals surface area contributed by atoms with Gasteiger partial charge in [-0.15, -0.1) is 0 Å². The molecule has 8 heteroatoms. The summed E-state index contributed by atoms with van der Waals surface area (Å²) in [5, 5.41) is 3.03. The van der Waals surface area contributed by atoms with E-state index in [1.54, 1.807) is 14.0 Å². The number of aromatic nitrogens is 2. The summed E-state index contributed by atoms with van der Waals surface area (Å²) in [7, 11) is 3.20. The Kier molecular flexibility index (Phi) is 5.62. The molecule has 1 amide bonds. The summed E-state index contributed by atoms with van der Waals surface area (Å²) >= 11 is 0. The fourth-order valence-electron chi connectivity index (χ4n) is 4.44. The predicted molar refractivity (Wildman–Crippen MR) is 97.1 cm³/mol. The van der Waals surface area contributed by atoms with Crippen molar-refractivity contribution < 1.29 is 9.53 Å². The number of H-pyrrole nitrogens is 1. The zero-order valence-electron chi connectivity index (χ0n) is 15.7. The van der Waals surface area contributed by atoms with Gasteiger partial charge >= 0.3 is 5.69 Å². The molecule has 0 unspecified atom stereocenters. The Morgan fingerprint density at radius 3 is 2.65 bits per heavy atom. The fourth-order valence-corrected chi connectivity index (χ4v) is 4.44. The molecule has 1 aliphatic heterocycles. The number of amides is 1. The maximum Gasteiger partial charge on any atom is 0.328 e. The van der Waals surface area contributed by atoms with Crippen LogP contribution < -0.4 is 16.6 Å². The van der Waals surface area contributed by atoms with Crippen LogP contribution in [0.1, 0.15) is 25.3 Å². The second kappa shape index (κ2) is 7.75. The van der Waals surface area contributed by atoms with E-state index >= 15 is 0 Å². The van der Waals surface area contributed by atoms with Crippen molar-refractivity contribution in [3.8, 4) is 0 Å². The number of likely N-dealkylation sites (tertiary alicyclic amines) is 1. The molecule has 2 heterocycles. The van der Waals surface area contributed by atoms with Crippen molar-refractivity contribution in [1.82, 2.24) is 19.8 Å². The lowest BCUT2D eigenvalue weighted by Crippen LogP contribution is -2.49. The summed E-state index contributed by atoms with van der Waals surface area (Å²) in [5.74, 6) is 1.08. The molecule has 8 nitrogen and oxygen atoms in total. The molecule has 26 heavy (non-hydrogen) atoms. The van der Waals surface area contributed by atoms with E-state index in [4.69, 9.17) is 4.74 Å². The molecule has 0 radical (unpaired) electrons. The topological polar surface area (TPSA) is 96.4 Å². The van der Waals surface area contributed by atoms with Crippen LogP contribution in [0.3, 0.4) is 0 Å². The Hall–Kier alpha value is -1.93. The Labute approximate surface area is 152 Å².